The lowest BCUT2D eigenvalue weighted by molar-refractivity contribution is 0.396. The van der Waals surface area contributed by atoms with E-state index in [2.05, 4.69) is 47.9 Å². The number of halogens is 1. The van der Waals surface area contributed by atoms with Gasteiger partial charge in [0.1, 0.15) is 0 Å². The van der Waals surface area contributed by atoms with Crippen LogP contribution in [0.2, 0.25) is 0 Å². The van der Waals surface area contributed by atoms with Crippen molar-refractivity contribution in [3.63, 3.8) is 0 Å². The van der Waals surface area contributed by atoms with Gasteiger partial charge in [-0.3, -0.25) is 0 Å². The Morgan fingerprint density at radius 3 is 2.50 bits per heavy atom. The molecule has 0 spiro atoms. The fraction of sp³-hybridized carbons (Fsp3) is 0.833. The number of aromatic nitrogens is 2. The SMILES string of the molecule is CC(C)CN(CCN(C)C)c1nnc(CCCl)o1. The van der Waals surface area contributed by atoms with Crippen LogP contribution in [0.3, 0.4) is 0 Å². The maximum Gasteiger partial charge on any atom is 0.318 e. The van der Waals surface area contributed by atoms with Crippen LogP contribution in [0.15, 0.2) is 4.42 Å². The van der Waals surface area contributed by atoms with Crippen molar-refractivity contribution in [1.82, 2.24) is 15.1 Å². The molecular formula is C12H23ClN4O. The third-order valence-electron chi connectivity index (χ3n) is 2.44. The Hall–Kier alpha value is -0.810. The molecule has 0 amide bonds. The lowest BCUT2D eigenvalue weighted by atomic mass is 10.2. The van der Waals surface area contributed by atoms with Crippen molar-refractivity contribution in [2.45, 2.75) is 20.3 Å². The second kappa shape index (κ2) is 7.59. The van der Waals surface area contributed by atoms with Crippen LogP contribution in [0.5, 0.6) is 0 Å². The monoisotopic (exact) mass is 274 g/mol. The highest BCUT2D eigenvalue weighted by Gasteiger charge is 2.15. The molecule has 0 saturated carbocycles. The van der Waals surface area contributed by atoms with Gasteiger partial charge in [0.05, 0.1) is 0 Å². The number of hydrogen-bond donors (Lipinski definition) is 0. The third-order valence-corrected chi connectivity index (χ3v) is 2.63. The predicted molar refractivity (Wildman–Crippen MR) is 74.3 cm³/mol. The molecule has 0 aromatic carbocycles. The van der Waals surface area contributed by atoms with Gasteiger partial charge >= 0.3 is 6.01 Å². The zero-order chi connectivity index (χ0) is 13.5. The molecule has 5 nitrogen and oxygen atoms in total. The van der Waals surface area contributed by atoms with Gasteiger partial charge in [0.15, 0.2) is 0 Å². The summed E-state index contributed by atoms with van der Waals surface area (Å²) in [7, 11) is 4.11. The quantitative estimate of drug-likeness (QED) is 0.677. The van der Waals surface area contributed by atoms with Crippen LogP contribution in [0.25, 0.3) is 0 Å². The van der Waals surface area contributed by atoms with E-state index in [1.807, 2.05) is 0 Å². The fourth-order valence-electron chi connectivity index (χ4n) is 1.58. The lowest BCUT2D eigenvalue weighted by Crippen LogP contribution is -2.34. The average Bonchev–Trinajstić information content (AvgIpc) is 2.72. The minimum absolute atomic E-state index is 0.503. The summed E-state index contributed by atoms with van der Waals surface area (Å²) in [6.45, 7) is 7.11. The molecule has 0 unspecified atom stereocenters. The van der Waals surface area contributed by atoms with Gasteiger partial charge in [-0.1, -0.05) is 18.9 Å². The molecule has 1 heterocycles. The van der Waals surface area contributed by atoms with Gasteiger partial charge < -0.3 is 14.2 Å². The second-order valence-corrected chi connectivity index (χ2v) is 5.44. The summed E-state index contributed by atoms with van der Waals surface area (Å²) in [5.41, 5.74) is 0. The molecular weight excluding hydrogens is 252 g/mol. The molecule has 0 saturated heterocycles. The minimum atomic E-state index is 0.503. The average molecular weight is 275 g/mol. The van der Waals surface area contributed by atoms with Gasteiger partial charge in [-0.15, -0.1) is 16.7 Å². The summed E-state index contributed by atoms with van der Waals surface area (Å²) >= 11 is 5.66. The van der Waals surface area contributed by atoms with E-state index < -0.39 is 0 Å². The molecule has 0 N–H and O–H groups in total. The van der Waals surface area contributed by atoms with Crippen LogP contribution in [0.1, 0.15) is 19.7 Å². The van der Waals surface area contributed by atoms with E-state index in [0.717, 1.165) is 19.6 Å². The third kappa shape index (κ3) is 5.23. The minimum Gasteiger partial charge on any atom is -0.408 e. The summed E-state index contributed by atoms with van der Waals surface area (Å²) in [5.74, 6) is 1.66. The highest BCUT2D eigenvalue weighted by atomic mass is 35.5. The van der Waals surface area contributed by atoms with E-state index in [0.29, 0.717) is 30.1 Å². The van der Waals surface area contributed by atoms with Crippen LogP contribution < -0.4 is 4.90 Å². The van der Waals surface area contributed by atoms with Crippen molar-refractivity contribution >= 4 is 17.6 Å². The predicted octanol–water partition coefficient (Wildman–Crippen LogP) is 1.87. The summed E-state index contributed by atoms with van der Waals surface area (Å²) in [6, 6.07) is 0.602. The van der Waals surface area contributed by atoms with Crippen molar-refractivity contribution in [2.24, 2.45) is 5.92 Å². The molecule has 18 heavy (non-hydrogen) atoms. The maximum absolute atomic E-state index is 5.66. The van der Waals surface area contributed by atoms with Crippen molar-refractivity contribution in [1.29, 1.82) is 0 Å². The van der Waals surface area contributed by atoms with E-state index in [1.54, 1.807) is 0 Å². The highest BCUT2D eigenvalue weighted by molar-refractivity contribution is 6.17. The van der Waals surface area contributed by atoms with Crippen LogP contribution in [-0.4, -0.2) is 54.7 Å². The standard InChI is InChI=1S/C12H23ClN4O/c1-10(2)9-17(8-7-16(3)4)12-15-14-11(18-12)5-6-13/h10H,5-9H2,1-4H3. The van der Waals surface area contributed by atoms with Gasteiger partial charge in [-0.2, -0.15) is 0 Å². The summed E-state index contributed by atoms with van der Waals surface area (Å²) in [6.07, 6.45) is 0.623. The number of rotatable bonds is 8. The molecule has 0 radical (unpaired) electrons. The van der Waals surface area contributed by atoms with Gasteiger partial charge in [-0.25, -0.2) is 0 Å². The van der Waals surface area contributed by atoms with Crippen LogP contribution in [0, 0.1) is 5.92 Å². The fourth-order valence-corrected chi connectivity index (χ4v) is 1.74. The summed E-state index contributed by atoms with van der Waals surface area (Å²) < 4.78 is 5.62. The van der Waals surface area contributed by atoms with Crippen molar-refractivity contribution in [2.75, 3.05) is 44.5 Å². The molecule has 0 bridgehead atoms. The van der Waals surface area contributed by atoms with E-state index in [4.69, 9.17) is 16.0 Å². The second-order valence-electron chi connectivity index (χ2n) is 5.06. The lowest BCUT2D eigenvalue weighted by Gasteiger charge is -2.23. The number of likely N-dealkylation sites (N-methyl/N-ethyl adjacent to an activating group) is 1. The molecule has 0 atom stereocenters. The molecule has 0 fully saturated rings. The number of anilines is 1. The van der Waals surface area contributed by atoms with Gasteiger partial charge in [0.2, 0.25) is 5.89 Å². The topological polar surface area (TPSA) is 45.4 Å². The summed E-state index contributed by atoms with van der Waals surface area (Å²) in [4.78, 5) is 4.28. The molecule has 1 aromatic heterocycles. The molecule has 1 aromatic rings. The van der Waals surface area contributed by atoms with Crippen LogP contribution in [0.4, 0.5) is 6.01 Å². The first kappa shape index (κ1) is 15.2. The van der Waals surface area contributed by atoms with Crippen molar-refractivity contribution in [3.05, 3.63) is 5.89 Å². The normalized spacial score (nSPS) is 11.5. The Bertz CT molecular complexity index is 341. The molecule has 1 rings (SSSR count). The molecule has 0 aliphatic rings. The zero-order valence-corrected chi connectivity index (χ0v) is 12.4. The number of alkyl halides is 1. The Balaban J connectivity index is 2.67. The molecule has 0 aliphatic carbocycles. The van der Waals surface area contributed by atoms with E-state index in [1.165, 1.54) is 0 Å². The summed E-state index contributed by atoms with van der Waals surface area (Å²) in [5, 5.41) is 8.10. The van der Waals surface area contributed by atoms with Gasteiger partial charge in [0.25, 0.3) is 0 Å². The smallest absolute Gasteiger partial charge is 0.318 e. The van der Waals surface area contributed by atoms with E-state index >= 15 is 0 Å². The largest absolute Gasteiger partial charge is 0.408 e. The van der Waals surface area contributed by atoms with Crippen LogP contribution in [-0.2, 0) is 6.42 Å². The van der Waals surface area contributed by atoms with E-state index in [9.17, 15) is 0 Å². The zero-order valence-electron chi connectivity index (χ0n) is 11.7. The first-order valence-corrected chi connectivity index (χ1v) is 6.84. The molecule has 0 aliphatic heterocycles. The Morgan fingerprint density at radius 2 is 1.94 bits per heavy atom. The molecule has 6 heteroatoms. The Kier molecular flexibility index (Phi) is 6.43. The first-order valence-electron chi connectivity index (χ1n) is 6.31. The first-order chi connectivity index (χ1) is 8.52. The highest BCUT2D eigenvalue weighted by Crippen LogP contribution is 2.14. The van der Waals surface area contributed by atoms with Crippen molar-refractivity contribution < 1.29 is 4.42 Å². The maximum atomic E-state index is 5.66. The van der Waals surface area contributed by atoms with Gasteiger partial charge in [-0.05, 0) is 20.0 Å². The van der Waals surface area contributed by atoms with Gasteiger partial charge in [0, 0.05) is 31.9 Å². The molecule has 104 valence electrons. The van der Waals surface area contributed by atoms with Crippen LogP contribution >= 0.6 is 11.6 Å². The number of hydrogen-bond acceptors (Lipinski definition) is 5. The number of nitrogens with zero attached hydrogens (tertiary/aromatic N) is 4. The number of aryl methyl sites for hydroxylation is 1. The van der Waals surface area contributed by atoms with Crippen molar-refractivity contribution in [3.8, 4) is 0 Å². The van der Waals surface area contributed by atoms with E-state index in [-0.39, 0.29) is 0 Å². The Labute approximate surface area is 114 Å². The Morgan fingerprint density at radius 1 is 1.22 bits per heavy atom.